The Morgan fingerprint density at radius 1 is 1.30 bits per heavy atom. The number of sulfonamides is 1. The van der Waals surface area contributed by atoms with Crippen molar-refractivity contribution in [2.45, 2.75) is 42.7 Å². The van der Waals surface area contributed by atoms with Crippen LogP contribution in [0.5, 0.6) is 0 Å². The van der Waals surface area contributed by atoms with Crippen molar-refractivity contribution in [2.24, 2.45) is 0 Å². The molecule has 1 saturated carbocycles. The topological polar surface area (TPSA) is 139 Å². The van der Waals surface area contributed by atoms with Crippen LogP contribution in [0, 0.1) is 11.3 Å². The Bertz CT molecular complexity index is 1680. The van der Waals surface area contributed by atoms with Gasteiger partial charge in [0.25, 0.3) is 6.43 Å². The molecule has 0 amide bonds. The molecule has 37 heavy (non-hydrogen) atoms. The van der Waals surface area contributed by atoms with Gasteiger partial charge in [-0.2, -0.15) is 9.98 Å². The fourth-order valence-electron chi connectivity index (χ4n) is 4.49. The number of benzene rings is 1. The van der Waals surface area contributed by atoms with Crippen LogP contribution < -0.4 is 9.62 Å². The second-order valence-electron chi connectivity index (χ2n) is 9.06. The molecule has 1 saturated heterocycles. The Labute approximate surface area is 213 Å². The Hall–Kier alpha value is -3.32. The summed E-state index contributed by atoms with van der Waals surface area (Å²) in [6, 6.07) is 6.54. The number of rotatable bonds is 6. The van der Waals surface area contributed by atoms with Crippen molar-refractivity contribution < 1.29 is 21.9 Å². The van der Waals surface area contributed by atoms with E-state index in [4.69, 9.17) is 4.74 Å². The van der Waals surface area contributed by atoms with Crippen LogP contribution in [-0.2, 0) is 14.8 Å². The highest BCUT2D eigenvalue weighted by Gasteiger charge is 2.47. The van der Waals surface area contributed by atoms with Gasteiger partial charge in [0.2, 0.25) is 15.2 Å². The van der Waals surface area contributed by atoms with E-state index in [-0.39, 0.29) is 16.1 Å². The summed E-state index contributed by atoms with van der Waals surface area (Å²) in [5.41, 5.74) is -0.327. The highest BCUT2D eigenvalue weighted by Crippen LogP contribution is 2.40. The summed E-state index contributed by atoms with van der Waals surface area (Å²) in [4.78, 5) is 10.9. The second kappa shape index (κ2) is 8.62. The van der Waals surface area contributed by atoms with E-state index >= 15 is 0 Å². The first kappa shape index (κ1) is 24.0. The van der Waals surface area contributed by atoms with Crippen molar-refractivity contribution >= 4 is 49.1 Å². The minimum absolute atomic E-state index is 0.0263. The number of fused-ring (bicyclic) bond motifs is 3. The van der Waals surface area contributed by atoms with E-state index < -0.39 is 27.0 Å². The summed E-state index contributed by atoms with van der Waals surface area (Å²) in [5, 5.41) is 17.8. The molecule has 2 aliphatic rings. The number of hydrogen-bond acceptors (Lipinski definition) is 10. The third-order valence-electron chi connectivity index (χ3n) is 6.45. The monoisotopic (exact) mass is 546 g/mol. The van der Waals surface area contributed by atoms with Gasteiger partial charge in [0.05, 0.1) is 34.6 Å². The molecule has 0 radical (unpaired) electrons. The van der Waals surface area contributed by atoms with Crippen LogP contribution in [0.4, 0.5) is 14.6 Å². The van der Waals surface area contributed by atoms with Crippen LogP contribution in [0.15, 0.2) is 29.4 Å². The molecule has 4 heterocycles. The van der Waals surface area contributed by atoms with Gasteiger partial charge in [0.15, 0.2) is 10.7 Å². The third-order valence-corrected chi connectivity index (χ3v) is 8.90. The number of alkyl halides is 2. The van der Waals surface area contributed by atoms with Crippen molar-refractivity contribution in [1.82, 2.24) is 29.5 Å². The Kier molecular flexibility index (Phi) is 5.60. The summed E-state index contributed by atoms with van der Waals surface area (Å²) >= 11 is 0.696. The smallest absolute Gasteiger partial charge is 0.291 e. The predicted octanol–water partition coefficient (Wildman–Crippen LogP) is 2.92. The zero-order chi connectivity index (χ0) is 25.9. The Morgan fingerprint density at radius 3 is 2.78 bits per heavy atom. The first-order valence-corrected chi connectivity index (χ1v) is 13.7. The summed E-state index contributed by atoms with van der Waals surface area (Å²) in [7, 11) is -4.04. The third kappa shape index (κ3) is 4.09. The molecule has 2 fully saturated rings. The molecule has 3 aromatic heterocycles. The number of nitrogens with zero attached hydrogens (tertiary/aromatic N) is 7. The predicted molar refractivity (Wildman–Crippen MR) is 130 cm³/mol. The van der Waals surface area contributed by atoms with Crippen molar-refractivity contribution in [3.05, 3.63) is 29.5 Å². The normalized spacial score (nSPS) is 19.5. The first-order valence-electron chi connectivity index (χ1n) is 11.4. The van der Waals surface area contributed by atoms with Gasteiger partial charge in [-0.05, 0) is 31.9 Å². The van der Waals surface area contributed by atoms with E-state index in [1.807, 2.05) is 13.0 Å². The zero-order valence-corrected chi connectivity index (χ0v) is 21.1. The molecule has 0 unspecified atom stereocenters. The first-order chi connectivity index (χ1) is 17.7. The van der Waals surface area contributed by atoms with E-state index in [2.05, 4.69) is 29.8 Å². The van der Waals surface area contributed by atoms with E-state index in [1.165, 1.54) is 23.0 Å². The maximum absolute atomic E-state index is 13.4. The molecule has 1 aliphatic heterocycles. The lowest BCUT2D eigenvalue weighted by Gasteiger charge is -2.32. The van der Waals surface area contributed by atoms with Crippen molar-refractivity contribution in [3.63, 3.8) is 0 Å². The number of morpholine rings is 1. The number of nitriles is 1. The number of aromatic nitrogens is 5. The van der Waals surface area contributed by atoms with E-state index in [1.54, 1.807) is 6.07 Å². The van der Waals surface area contributed by atoms with Crippen LogP contribution in [0.3, 0.4) is 0 Å². The van der Waals surface area contributed by atoms with Crippen LogP contribution >= 0.6 is 11.3 Å². The maximum atomic E-state index is 13.4. The van der Waals surface area contributed by atoms with Crippen LogP contribution in [-0.4, -0.2) is 64.5 Å². The highest BCUT2D eigenvalue weighted by molar-refractivity contribution is 7.89. The molecule has 0 bridgehead atoms. The standard InChI is InChI=1S/C22H20F2N8O3S2/c1-12-9-31(6-7-35-12)18-16-14-3-2-13(37(33,34)30-22(10-25)4-5-22)8-15(14)32(19(16)27-11-26-18)21-29-28-20(36-21)17(23)24/h2-3,8,11-12,17,30H,4-7,9H2,1H3/t12-/m1/s1. The van der Waals surface area contributed by atoms with Gasteiger partial charge in [-0.15, -0.1) is 10.2 Å². The quantitative estimate of drug-likeness (QED) is 0.387. The molecule has 1 aromatic carbocycles. The fourth-order valence-corrected chi connectivity index (χ4v) is 6.61. The van der Waals surface area contributed by atoms with Gasteiger partial charge in [-0.3, -0.25) is 4.57 Å². The maximum Gasteiger partial charge on any atom is 0.291 e. The molecule has 11 nitrogen and oxygen atoms in total. The molecule has 15 heteroatoms. The zero-order valence-electron chi connectivity index (χ0n) is 19.4. The van der Waals surface area contributed by atoms with Crippen LogP contribution in [0.2, 0.25) is 0 Å². The van der Waals surface area contributed by atoms with Crippen LogP contribution in [0.25, 0.3) is 27.1 Å². The molecular formula is C22H20F2N8O3S2. The molecule has 4 aromatic rings. The number of nitrogens with one attached hydrogen (secondary N) is 1. The molecule has 6 rings (SSSR count). The average Bonchev–Trinajstić information content (AvgIpc) is 3.32. The van der Waals surface area contributed by atoms with Crippen LogP contribution in [0.1, 0.15) is 31.2 Å². The van der Waals surface area contributed by atoms with Crippen molar-refractivity contribution in [2.75, 3.05) is 24.6 Å². The molecule has 192 valence electrons. The van der Waals surface area contributed by atoms with E-state index in [0.29, 0.717) is 71.6 Å². The lowest BCUT2D eigenvalue weighted by atomic mass is 10.2. The lowest BCUT2D eigenvalue weighted by Crippen LogP contribution is -2.41. The minimum atomic E-state index is -4.04. The number of anilines is 1. The average molecular weight is 547 g/mol. The van der Waals surface area contributed by atoms with Gasteiger partial charge < -0.3 is 9.64 Å². The minimum Gasteiger partial charge on any atom is -0.375 e. The molecule has 0 spiro atoms. The lowest BCUT2D eigenvalue weighted by molar-refractivity contribution is 0.0530. The summed E-state index contributed by atoms with van der Waals surface area (Å²) < 4.78 is 62.7. The fraction of sp³-hybridized carbons (Fsp3) is 0.409. The van der Waals surface area contributed by atoms with Gasteiger partial charge >= 0.3 is 0 Å². The molecule has 1 atom stereocenters. The summed E-state index contributed by atoms with van der Waals surface area (Å²) in [6.07, 6.45) is -0.584. The molecule has 1 aliphatic carbocycles. The van der Waals surface area contributed by atoms with Gasteiger partial charge in [0, 0.05) is 18.5 Å². The number of halogens is 2. The molecule has 1 N–H and O–H groups in total. The van der Waals surface area contributed by atoms with E-state index in [9.17, 15) is 22.5 Å². The molecular weight excluding hydrogens is 526 g/mol. The van der Waals surface area contributed by atoms with Gasteiger partial charge in [-0.1, -0.05) is 17.4 Å². The van der Waals surface area contributed by atoms with Gasteiger partial charge in [0.1, 0.15) is 17.7 Å². The SMILES string of the molecule is C[C@@H]1CN(c2ncnc3c2c2ccc(S(=O)(=O)NC4(C#N)CC4)cc2n3-c2nnc(C(F)F)s2)CCO1. The number of hydrogen-bond donors (Lipinski definition) is 1. The van der Waals surface area contributed by atoms with Crippen molar-refractivity contribution in [1.29, 1.82) is 5.26 Å². The Balaban J connectivity index is 1.59. The largest absolute Gasteiger partial charge is 0.375 e. The Morgan fingerprint density at radius 2 is 2.11 bits per heavy atom. The van der Waals surface area contributed by atoms with Crippen molar-refractivity contribution in [3.8, 4) is 11.2 Å². The summed E-state index contributed by atoms with van der Waals surface area (Å²) in [5.74, 6) is 0.623. The van der Waals surface area contributed by atoms with E-state index in [0.717, 1.165) is 0 Å². The summed E-state index contributed by atoms with van der Waals surface area (Å²) in [6.45, 7) is 3.64. The number of ether oxygens (including phenoxy) is 1. The highest BCUT2D eigenvalue weighted by atomic mass is 32.2. The van der Waals surface area contributed by atoms with Gasteiger partial charge in [-0.25, -0.2) is 27.2 Å². The second-order valence-corrected chi connectivity index (χ2v) is 11.7.